The summed E-state index contributed by atoms with van der Waals surface area (Å²) in [4.78, 5) is 44.8. The van der Waals surface area contributed by atoms with Crippen LogP contribution in [0, 0.1) is 10.1 Å². The van der Waals surface area contributed by atoms with Gasteiger partial charge in [-0.2, -0.15) is 5.10 Å². The number of para-hydroxylation sites is 1. The lowest BCUT2D eigenvalue weighted by Gasteiger charge is -2.06. The minimum atomic E-state index is -1.26. The van der Waals surface area contributed by atoms with Crippen molar-refractivity contribution in [3.8, 4) is 0 Å². The van der Waals surface area contributed by atoms with Crippen LogP contribution < -0.4 is 10.7 Å². The molecule has 0 unspecified atom stereocenters. The molecule has 0 atom stereocenters. The average Bonchev–Trinajstić information content (AvgIpc) is 2.68. The third-order valence-corrected chi connectivity index (χ3v) is 3.58. The van der Waals surface area contributed by atoms with Crippen molar-refractivity contribution < 1.29 is 24.4 Å². The van der Waals surface area contributed by atoms with Gasteiger partial charge in [0.2, 0.25) is 0 Å². The van der Waals surface area contributed by atoms with Crippen LogP contribution in [0.1, 0.15) is 15.9 Å². The van der Waals surface area contributed by atoms with E-state index in [-0.39, 0.29) is 22.0 Å². The van der Waals surface area contributed by atoms with Gasteiger partial charge in [-0.3, -0.25) is 19.7 Å². The van der Waals surface area contributed by atoms with Crippen molar-refractivity contribution in [2.45, 2.75) is 0 Å². The lowest BCUT2D eigenvalue weighted by molar-refractivity contribution is -0.384. The Hall–Kier alpha value is -4.05. The number of carbonyl (C=O) groups excluding carboxylic acids is 2. The molecule has 29 heavy (non-hydrogen) atoms. The normalized spacial score (nSPS) is 11.1. The van der Waals surface area contributed by atoms with Crippen LogP contribution in [0.3, 0.4) is 0 Å². The van der Waals surface area contributed by atoms with Crippen LogP contribution in [0.2, 0.25) is 0 Å². The van der Waals surface area contributed by atoms with Crippen LogP contribution in [0.15, 0.2) is 58.7 Å². The largest absolute Gasteiger partial charge is 0.478 e. The number of nitro benzene ring substituents is 1. The zero-order chi connectivity index (χ0) is 21.4. The lowest BCUT2D eigenvalue weighted by Crippen LogP contribution is -2.32. The molecule has 0 aromatic heterocycles. The molecule has 0 radical (unpaired) electrons. The van der Waals surface area contributed by atoms with Gasteiger partial charge in [-0.25, -0.2) is 10.2 Å². The van der Waals surface area contributed by atoms with E-state index in [2.05, 4.69) is 10.4 Å². The SMILES string of the molecule is O=C(NN=C/C(Cl)=C/c1ccc([N+](=O)[O-])cc1)C(=O)Nc1ccccc1C(=O)O. The van der Waals surface area contributed by atoms with Crippen LogP contribution in [-0.4, -0.2) is 34.0 Å². The molecular formula is C18H13ClN4O6. The Morgan fingerprint density at radius 3 is 2.34 bits per heavy atom. The summed E-state index contributed by atoms with van der Waals surface area (Å²) in [7, 11) is 0. The van der Waals surface area contributed by atoms with Gasteiger partial charge in [0, 0.05) is 12.1 Å². The van der Waals surface area contributed by atoms with E-state index < -0.39 is 22.7 Å². The zero-order valence-corrected chi connectivity index (χ0v) is 15.3. The number of anilines is 1. The first kappa shape index (κ1) is 21.3. The van der Waals surface area contributed by atoms with Crippen molar-refractivity contribution in [1.29, 1.82) is 0 Å². The molecule has 0 heterocycles. The number of nitrogens with one attached hydrogen (secondary N) is 2. The molecule has 2 aromatic rings. The molecule has 10 nitrogen and oxygen atoms in total. The number of carbonyl (C=O) groups is 3. The monoisotopic (exact) mass is 416 g/mol. The van der Waals surface area contributed by atoms with Crippen LogP contribution in [-0.2, 0) is 9.59 Å². The van der Waals surface area contributed by atoms with Gasteiger partial charge in [0.1, 0.15) is 0 Å². The van der Waals surface area contributed by atoms with E-state index in [0.29, 0.717) is 5.56 Å². The summed E-state index contributed by atoms with van der Waals surface area (Å²) >= 11 is 5.93. The maximum Gasteiger partial charge on any atom is 0.337 e. The molecule has 0 bridgehead atoms. The molecular weight excluding hydrogens is 404 g/mol. The maximum absolute atomic E-state index is 11.8. The predicted molar refractivity (Wildman–Crippen MR) is 106 cm³/mol. The summed E-state index contributed by atoms with van der Waals surface area (Å²) in [5.41, 5.74) is 2.21. The molecule has 2 amide bonds. The quantitative estimate of drug-likeness (QED) is 0.285. The van der Waals surface area contributed by atoms with E-state index in [0.717, 1.165) is 6.21 Å². The summed E-state index contributed by atoms with van der Waals surface area (Å²) in [6.07, 6.45) is 2.49. The number of hydrogen-bond donors (Lipinski definition) is 3. The van der Waals surface area contributed by atoms with Gasteiger partial charge < -0.3 is 10.4 Å². The molecule has 0 spiro atoms. The highest BCUT2D eigenvalue weighted by Gasteiger charge is 2.16. The van der Waals surface area contributed by atoms with Crippen molar-refractivity contribution in [2.75, 3.05) is 5.32 Å². The highest BCUT2D eigenvalue weighted by molar-refractivity contribution is 6.42. The number of carboxylic acid groups (broad SMARTS) is 1. The van der Waals surface area contributed by atoms with Gasteiger partial charge in [0.15, 0.2) is 0 Å². The number of hydrazone groups is 1. The van der Waals surface area contributed by atoms with E-state index in [1.807, 2.05) is 5.43 Å². The van der Waals surface area contributed by atoms with Gasteiger partial charge >= 0.3 is 17.8 Å². The summed E-state index contributed by atoms with van der Waals surface area (Å²) in [6.45, 7) is 0. The number of aromatic carboxylic acids is 1. The summed E-state index contributed by atoms with van der Waals surface area (Å²) in [5.74, 6) is -3.52. The summed E-state index contributed by atoms with van der Waals surface area (Å²) < 4.78 is 0. The number of nitro groups is 1. The van der Waals surface area contributed by atoms with Gasteiger partial charge in [-0.05, 0) is 35.9 Å². The Balaban J connectivity index is 1.95. The molecule has 0 saturated carbocycles. The van der Waals surface area contributed by atoms with E-state index in [4.69, 9.17) is 16.7 Å². The van der Waals surface area contributed by atoms with E-state index in [1.165, 1.54) is 54.6 Å². The molecule has 0 aliphatic carbocycles. The van der Waals surface area contributed by atoms with Crippen LogP contribution in [0.25, 0.3) is 6.08 Å². The van der Waals surface area contributed by atoms with Crippen molar-refractivity contribution in [3.05, 3.63) is 74.8 Å². The number of amides is 2. The Morgan fingerprint density at radius 2 is 1.72 bits per heavy atom. The average molecular weight is 417 g/mol. The fraction of sp³-hybridized carbons (Fsp3) is 0. The van der Waals surface area contributed by atoms with E-state index in [9.17, 15) is 24.5 Å². The van der Waals surface area contributed by atoms with Crippen LogP contribution in [0.5, 0.6) is 0 Å². The molecule has 0 aliphatic rings. The van der Waals surface area contributed by atoms with Crippen molar-refractivity contribution >= 4 is 53.0 Å². The van der Waals surface area contributed by atoms with Gasteiger partial charge in [0.05, 0.1) is 27.4 Å². The number of carboxylic acids is 1. The first-order chi connectivity index (χ1) is 13.8. The molecule has 0 aliphatic heterocycles. The summed E-state index contributed by atoms with van der Waals surface area (Å²) in [6, 6.07) is 11.1. The van der Waals surface area contributed by atoms with Crippen molar-refractivity contribution in [1.82, 2.24) is 5.43 Å². The fourth-order valence-electron chi connectivity index (χ4n) is 2.05. The topological polar surface area (TPSA) is 151 Å². The fourth-order valence-corrected chi connectivity index (χ4v) is 2.22. The van der Waals surface area contributed by atoms with Crippen LogP contribution in [0.4, 0.5) is 11.4 Å². The third kappa shape index (κ3) is 6.26. The predicted octanol–water partition coefficient (Wildman–Crippen LogP) is 2.61. The molecule has 148 valence electrons. The van der Waals surface area contributed by atoms with E-state index >= 15 is 0 Å². The standard InChI is InChI=1S/C18H13ClN4O6/c19-12(9-11-5-7-13(8-6-11)23(28)29)10-20-22-17(25)16(24)21-15-4-2-1-3-14(15)18(26)27/h1-10H,(H,21,24)(H,22,25)(H,26,27)/b12-9-,20-10?. The molecule has 3 N–H and O–H groups in total. The smallest absolute Gasteiger partial charge is 0.337 e. The highest BCUT2D eigenvalue weighted by Crippen LogP contribution is 2.15. The Morgan fingerprint density at radius 1 is 1.07 bits per heavy atom. The highest BCUT2D eigenvalue weighted by atomic mass is 35.5. The summed E-state index contributed by atoms with van der Waals surface area (Å²) in [5, 5.41) is 25.4. The number of nitrogens with zero attached hydrogens (tertiary/aromatic N) is 2. The number of halogens is 1. The number of non-ortho nitro benzene ring substituents is 1. The molecule has 2 rings (SSSR count). The van der Waals surface area contributed by atoms with Gasteiger partial charge in [-0.15, -0.1) is 0 Å². The zero-order valence-electron chi connectivity index (χ0n) is 14.5. The molecule has 0 saturated heterocycles. The number of benzene rings is 2. The minimum absolute atomic E-state index is 0.0415. The number of hydrogen-bond acceptors (Lipinski definition) is 6. The first-order valence-corrected chi connectivity index (χ1v) is 8.24. The number of rotatable bonds is 6. The minimum Gasteiger partial charge on any atom is -0.478 e. The second-order valence-electron chi connectivity index (χ2n) is 5.38. The molecule has 11 heteroatoms. The number of allylic oxidation sites excluding steroid dienone is 1. The third-order valence-electron chi connectivity index (χ3n) is 3.37. The van der Waals surface area contributed by atoms with Crippen molar-refractivity contribution in [3.63, 3.8) is 0 Å². The van der Waals surface area contributed by atoms with E-state index in [1.54, 1.807) is 0 Å². The van der Waals surface area contributed by atoms with Gasteiger partial charge in [-0.1, -0.05) is 23.7 Å². The van der Waals surface area contributed by atoms with Crippen LogP contribution >= 0.6 is 11.6 Å². The Kier molecular flexibility index (Phi) is 7.15. The lowest BCUT2D eigenvalue weighted by atomic mass is 10.2. The Labute approximate surface area is 168 Å². The molecule has 2 aromatic carbocycles. The maximum atomic E-state index is 11.8. The van der Waals surface area contributed by atoms with Gasteiger partial charge in [0.25, 0.3) is 5.69 Å². The second-order valence-corrected chi connectivity index (χ2v) is 5.82. The molecule has 0 fully saturated rings. The Bertz CT molecular complexity index is 1020. The first-order valence-electron chi connectivity index (χ1n) is 7.86. The van der Waals surface area contributed by atoms with Crippen molar-refractivity contribution in [2.24, 2.45) is 5.10 Å². The second kappa shape index (κ2) is 9.76.